The van der Waals surface area contributed by atoms with Gasteiger partial charge in [0.05, 0.1) is 24.1 Å². The highest BCUT2D eigenvalue weighted by Gasteiger charge is 2.22. The summed E-state index contributed by atoms with van der Waals surface area (Å²) in [4.78, 5) is 26.9. The predicted octanol–water partition coefficient (Wildman–Crippen LogP) is 2.90. The van der Waals surface area contributed by atoms with Gasteiger partial charge < -0.3 is 14.1 Å². The van der Waals surface area contributed by atoms with Crippen LogP contribution in [-0.4, -0.2) is 43.6 Å². The molecule has 1 aliphatic carbocycles. The molecule has 1 aromatic carbocycles. The number of furan rings is 1. The fourth-order valence-electron chi connectivity index (χ4n) is 3.29. The molecule has 2 aromatic heterocycles. The van der Waals surface area contributed by atoms with Crippen molar-refractivity contribution in [1.29, 1.82) is 0 Å². The maximum Gasteiger partial charge on any atom is 0.338 e. The Morgan fingerprint density at radius 2 is 2.03 bits per heavy atom. The molecule has 30 heavy (non-hydrogen) atoms. The van der Waals surface area contributed by atoms with Crippen LogP contribution in [0.1, 0.15) is 41.8 Å². The van der Waals surface area contributed by atoms with Crippen LogP contribution in [0.2, 0.25) is 0 Å². The minimum absolute atomic E-state index is 0.279. The van der Waals surface area contributed by atoms with Crippen molar-refractivity contribution in [2.75, 3.05) is 6.61 Å². The molecule has 0 radical (unpaired) electrons. The molecule has 0 aliphatic heterocycles. The zero-order valence-corrected chi connectivity index (χ0v) is 16.3. The van der Waals surface area contributed by atoms with Gasteiger partial charge in [-0.1, -0.05) is 6.08 Å². The predicted molar refractivity (Wildman–Crippen MR) is 105 cm³/mol. The molecule has 2 heterocycles. The minimum Gasteiger partial charge on any atom is -0.467 e. The number of hydrogen-bond acceptors (Lipinski definition) is 7. The zero-order chi connectivity index (χ0) is 20.8. The lowest BCUT2D eigenvalue weighted by molar-refractivity contribution is -0.133. The number of ether oxygens (including phenoxy) is 1. The quantitative estimate of drug-likeness (QED) is 0.555. The van der Waals surface area contributed by atoms with Gasteiger partial charge in [-0.2, -0.15) is 0 Å². The summed E-state index contributed by atoms with van der Waals surface area (Å²) in [5.41, 5.74) is 2.00. The third kappa shape index (κ3) is 4.62. The summed E-state index contributed by atoms with van der Waals surface area (Å²) in [5.74, 6) is -0.167. The maximum absolute atomic E-state index is 12.9. The molecule has 3 aromatic rings. The van der Waals surface area contributed by atoms with Crippen LogP contribution in [0.5, 0.6) is 0 Å². The van der Waals surface area contributed by atoms with Crippen molar-refractivity contribution in [2.45, 2.75) is 32.2 Å². The largest absolute Gasteiger partial charge is 0.467 e. The van der Waals surface area contributed by atoms with E-state index >= 15 is 0 Å². The molecule has 154 valence electrons. The van der Waals surface area contributed by atoms with E-state index in [-0.39, 0.29) is 12.5 Å². The lowest BCUT2D eigenvalue weighted by atomic mass is 10.0. The molecule has 0 N–H and O–H groups in total. The highest BCUT2D eigenvalue weighted by molar-refractivity contribution is 5.91. The van der Waals surface area contributed by atoms with Gasteiger partial charge in [0.15, 0.2) is 6.61 Å². The summed E-state index contributed by atoms with van der Waals surface area (Å²) in [6.07, 6.45) is 9.00. The van der Waals surface area contributed by atoms with E-state index in [1.54, 1.807) is 41.5 Å². The molecular weight excluding hydrogens is 386 g/mol. The summed E-state index contributed by atoms with van der Waals surface area (Å²) in [6, 6.07) is 10.2. The summed E-state index contributed by atoms with van der Waals surface area (Å²) in [6.45, 7) is -0.0263. The van der Waals surface area contributed by atoms with Gasteiger partial charge in [-0.3, -0.25) is 4.79 Å². The molecule has 9 nitrogen and oxygen atoms in total. The van der Waals surface area contributed by atoms with E-state index < -0.39 is 5.97 Å². The Kier molecular flexibility index (Phi) is 5.98. The SMILES string of the molecule is O=C(OCC(=O)N(Cc1ccco1)C1=CCCCC1)c1ccc(-n2cnnn2)cc1. The molecule has 0 bridgehead atoms. The van der Waals surface area contributed by atoms with Crippen molar-refractivity contribution in [3.8, 4) is 5.69 Å². The number of tetrazole rings is 1. The first-order valence-electron chi connectivity index (χ1n) is 9.73. The van der Waals surface area contributed by atoms with Crippen molar-refractivity contribution in [2.24, 2.45) is 0 Å². The fourth-order valence-corrected chi connectivity index (χ4v) is 3.29. The number of rotatable bonds is 7. The lowest BCUT2D eigenvalue weighted by Crippen LogP contribution is -2.34. The Balaban J connectivity index is 1.39. The fraction of sp³-hybridized carbons (Fsp3) is 0.286. The molecule has 0 unspecified atom stereocenters. The number of carbonyl (C=O) groups excluding carboxylic acids is 2. The number of esters is 1. The number of carbonyl (C=O) groups is 2. The monoisotopic (exact) mass is 407 g/mol. The standard InChI is InChI=1S/C21H21N5O4/c27-20(25(13-19-7-4-12-29-19)17-5-2-1-3-6-17)14-30-21(28)16-8-10-18(11-9-16)26-15-22-23-24-26/h4-5,7-12,15H,1-3,6,13-14H2. The van der Waals surface area contributed by atoms with Crippen molar-refractivity contribution >= 4 is 11.9 Å². The van der Waals surface area contributed by atoms with E-state index in [1.165, 1.54) is 11.0 Å². The second kappa shape index (κ2) is 9.17. The number of amides is 1. The van der Waals surface area contributed by atoms with Crippen LogP contribution in [0.3, 0.4) is 0 Å². The molecule has 0 saturated heterocycles. The van der Waals surface area contributed by atoms with Gasteiger partial charge in [0.1, 0.15) is 12.1 Å². The molecule has 4 rings (SSSR count). The van der Waals surface area contributed by atoms with E-state index in [0.29, 0.717) is 23.6 Å². The number of benzene rings is 1. The first-order chi connectivity index (χ1) is 14.7. The minimum atomic E-state index is -0.567. The second-order valence-corrected chi connectivity index (χ2v) is 6.88. The molecule has 0 atom stereocenters. The molecule has 1 aliphatic rings. The Hall–Kier alpha value is -3.75. The number of allylic oxidation sites excluding steroid dienone is 2. The normalized spacial score (nSPS) is 13.5. The average Bonchev–Trinajstić information content (AvgIpc) is 3.51. The van der Waals surface area contributed by atoms with Gasteiger partial charge in [-0.15, -0.1) is 5.10 Å². The van der Waals surface area contributed by atoms with Crippen LogP contribution in [0, 0.1) is 0 Å². The Labute approximate surface area is 172 Å². The first-order valence-corrected chi connectivity index (χ1v) is 9.73. The van der Waals surface area contributed by atoms with Crippen molar-refractivity contribution in [1.82, 2.24) is 25.1 Å². The third-order valence-corrected chi connectivity index (χ3v) is 4.85. The third-order valence-electron chi connectivity index (χ3n) is 4.85. The van der Waals surface area contributed by atoms with Gasteiger partial charge in [-0.05, 0) is 72.5 Å². The number of hydrogen-bond donors (Lipinski definition) is 0. The molecule has 0 fully saturated rings. The molecule has 0 spiro atoms. The van der Waals surface area contributed by atoms with E-state index in [2.05, 4.69) is 21.6 Å². The van der Waals surface area contributed by atoms with Crippen molar-refractivity contribution in [3.63, 3.8) is 0 Å². The number of aromatic nitrogens is 4. The van der Waals surface area contributed by atoms with Gasteiger partial charge in [0.25, 0.3) is 5.91 Å². The summed E-state index contributed by atoms with van der Waals surface area (Å²) >= 11 is 0. The van der Waals surface area contributed by atoms with Crippen LogP contribution in [0.4, 0.5) is 0 Å². The summed E-state index contributed by atoms with van der Waals surface area (Å²) in [7, 11) is 0. The zero-order valence-electron chi connectivity index (χ0n) is 16.3. The topological polar surface area (TPSA) is 103 Å². The van der Waals surface area contributed by atoms with Crippen LogP contribution in [-0.2, 0) is 16.1 Å². The average molecular weight is 407 g/mol. The van der Waals surface area contributed by atoms with Crippen molar-refractivity contribution in [3.05, 3.63) is 72.1 Å². The van der Waals surface area contributed by atoms with Gasteiger partial charge >= 0.3 is 5.97 Å². The molecule has 9 heteroatoms. The smallest absolute Gasteiger partial charge is 0.338 e. The molecule has 1 amide bonds. The van der Waals surface area contributed by atoms with Crippen LogP contribution in [0.25, 0.3) is 5.69 Å². The highest BCUT2D eigenvalue weighted by atomic mass is 16.5. The summed E-state index contributed by atoms with van der Waals surface area (Å²) in [5, 5.41) is 10.9. The van der Waals surface area contributed by atoms with E-state index in [0.717, 1.165) is 31.4 Å². The molecule has 0 saturated carbocycles. The van der Waals surface area contributed by atoms with Gasteiger partial charge in [-0.25, -0.2) is 9.48 Å². The first kappa shape index (κ1) is 19.6. The van der Waals surface area contributed by atoms with Gasteiger partial charge in [0, 0.05) is 5.70 Å². The van der Waals surface area contributed by atoms with E-state index in [4.69, 9.17) is 9.15 Å². The van der Waals surface area contributed by atoms with Crippen molar-refractivity contribution < 1.29 is 18.7 Å². The van der Waals surface area contributed by atoms with E-state index in [1.807, 2.05) is 6.07 Å². The number of nitrogens with zero attached hydrogens (tertiary/aromatic N) is 5. The summed E-state index contributed by atoms with van der Waals surface area (Å²) < 4.78 is 12.1. The lowest BCUT2D eigenvalue weighted by Gasteiger charge is -2.26. The van der Waals surface area contributed by atoms with Crippen LogP contribution < -0.4 is 0 Å². The molecular formula is C21H21N5O4. The van der Waals surface area contributed by atoms with Crippen LogP contribution >= 0.6 is 0 Å². The maximum atomic E-state index is 12.9. The Morgan fingerprint density at radius 3 is 2.70 bits per heavy atom. The van der Waals surface area contributed by atoms with Crippen LogP contribution in [0.15, 0.2) is 65.2 Å². The van der Waals surface area contributed by atoms with Gasteiger partial charge in [0.2, 0.25) is 0 Å². The highest BCUT2D eigenvalue weighted by Crippen LogP contribution is 2.23. The Morgan fingerprint density at radius 1 is 1.17 bits per heavy atom. The van der Waals surface area contributed by atoms with E-state index in [9.17, 15) is 9.59 Å². The second-order valence-electron chi connectivity index (χ2n) is 6.88. The Bertz CT molecular complexity index is 1010.